The van der Waals surface area contributed by atoms with Gasteiger partial charge in [0, 0.05) is 31.5 Å². The molecule has 2 amide bonds. The molecule has 2 aliphatic rings. The second-order valence-corrected chi connectivity index (χ2v) is 7.92. The number of carbonyl (C=O) groups is 2. The molecule has 7 heteroatoms. The van der Waals surface area contributed by atoms with E-state index in [-0.39, 0.29) is 30.2 Å². The number of hydrogen-bond donors (Lipinski definition) is 1. The monoisotopic (exact) mass is 424 g/mol. The first-order valence-corrected chi connectivity index (χ1v) is 10.6. The third-order valence-corrected chi connectivity index (χ3v) is 5.98. The number of nitrogens with one attached hydrogen (secondary N) is 1. The minimum atomic E-state index is -0.326. The van der Waals surface area contributed by atoms with Crippen LogP contribution in [-0.4, -0.2) is 50.6 Å². The highest BCUT2D eigenvalue weighted by molar-refractivity contribution is 5.89. The van der Waals surface area contributed by atoms with Crippen LogP contribution in [-0.2, 0) is 16.0 Å². The van der Waals surface area contributed by atoms with Crippen molar-refractivity contribution in [1.29, 1.82) is 0 Å². The van der Waals surface area contributed by atoms with Gasteiger partial charge < -0.3 is 24.4 Å². The van der Waals surface area contributed by atoms with Crippen molar-refractivity contribution >= 4 is 11.8 Å². The lowest BCUT2D eigenvalue weighted by molar-refractivity contribution is -0.129. The maximum Gasteiger partial charge on any atom is 0.225 e. The summed E-state index contributed by atoms with van der Waals surface area (Å²) in [5.41, 5.74) is 2.05. The van der Waals surface area contributed by atoms with Gasteiger partial charge in [-0.1, -0.05) is 24.3 Å². The van der Waals surface area contributed by atoms with Crippen LogP contribution in [0.25, 0.3) is 0 Å². The Kier molecular flexibility index (Phi) is 6.30. The van der Waals surface area contributed by atoms with Crippen molar-refractivity contribution in [3.63, 3.8) is 0 Å². The van der Waals surface area contributed by atoms with E-state index in [1.165, 1.54) is 0 Å². The van der Waals surface area contributed by atoms with Gasteiger partial charge in [0.2, 0.25) is 11.8 Å². The lowest BCUT2D eigenvalue weighted by Crippen LogP contribution is -2.37. The summed E-state index contributed by atoms with van der Waals surface area (Å²) in [6.45, 7) is 1.59. The van der Waals surface area contributed by atoms with Crippen LogP contribution in [0.1, 0.15) is 30.0 Å². The number of methoxy groups -OCH3 is 2. The van der Waals surface area contributed by atoms with Crippen LogP contribution in [0.3, 0.4) is 0 Å². The quantitative estimate of drug-likeness (QED) is 0.740. The van der Waals surface area contributed by atoms with Crippen molar-refractivity contribution in [2.24, 2.45) is 5.92 Å². The third kappa shape index (κ3) is 4.60. The van der Waals surface area contributed by atoms with Gasteiger partial charge in [-0.25, -0.2) is 0 Å². The Bertz CT molecular complexity index is 961. The van der Waals surface area contributed by atoms with Crippen molar-refractivity contribution in [3.05, 3.63) is 53.6 Å². The molecule has 0 unspecified atom stereocenters. The van der Waals surface area contributed by atoms with E-state index < -0.39 is 0 Å². The number of hydrogen-bond acceptors (Lipinski definition) is 5. The fourth-order valence-corrected chi connectivity index (χ4v) is 4.25. The van der Waals surface area contributed by atoms with Gasteiger partial charge in [0.05, 0.1) is 32.8 Å². The van der Waals surface area contributed by atoms with Gasteiger partial charge in [-0.05, 0) is 30.2 Å². The molecule has 2 atom stereocenters. The SMILES string of the molecule is COc1ccc(CCN2C[C@@H](C(=O)N[C@H]3CCOc4ccccc43)CC2=O)cc1OC. The number of carbonyl (C=O) groups excluding carboxylic acids is 2. The maximum absolute atomic E-state index is 12.9. The summed E-state index contributed by atoms with van der Waals surface area (Å²) in [6, 6.07) is 13.4. The maximum atomic E-state index is 12.9. The Morgan fingerprint density at radius 2 is 1.97 bits per heavy atom. The van der Waals surface area contributed by atoms with Crippen molar-refractivity contribution in [2.75, 3.05) is 33.9 Å². The first-order chi connectivity index (χ1) is 15.1. The fourth-order valence-electron chi connectivity index (χ4n) is 4.25. The fraction of sp³-hybridized carbons (Fsp3) is 0.417. The second kappa shape index (κ2) is 9.29. The van der Waals surface area contributed by atoms with Crippen molar-refractivity contribution < 1.29 is 23.8 Å². The summed E-state index contributed by atoms with van der Waals surface area (Å²) in [5.74, 6) is 1.79. The average Bonchev–Trinajstić information content (AvgIpc) is 3.18. The second-order valence-electron chi connectivity index (χ2n) is 7.92. The number of fused-ring (bicyclic) bond motifs is 1. The Morgan fingerprint density at radius 1 is 1.16 bits per heavy atom. The molecule has 2 heterocycles. The molecule has 4 rings (SSSR count). The predicted octanol–water partition coefficient (Wildman–Crippen LogP) is 2.73. The number of para-hydroxylation sites is 1. The van der Waals surface area contributed by atoms with Crippen LogP contribution in [0, 0.1) is 5.92 Å². The zero-order valence-corrected chi connectivity index (χ0v) is 17.9. The molecule has 164 valence electrons. The molecular weight excluding hydrogens is 396 g/mol. The number of ether oxygens (including phenoxy) is 3. The standard InChI is InChI=1S/C24H28N2O5/c1-29-21-8-7-16(13-22(21)30-2)9-11-26-15-17(14-23(26)27)24(28)25-19-10-12-31-20-6-4-3-5-18(19)20/h3-8,13,17,19H,9-12,14-15H2,1-2H3,(H,25,28)/t17-,19-/m0/s1. The summed E-state index contributed by atoms with van der Waals surface area (Å²) in [6.07, 6.45) is 1.67. The number of amides is 2. The Hall–Kier alpha value is -3.22. The average molecular weight is 424 g/mol. The molecule has 0 radical (unpaired) electrons. The van der Waals surface area contributed by atoms with Gasteiger partial charge in [0.15, 0.2) is 11.5 Å². The summed E-state index contributed by atoms with van der Waals surface area (Å²) < 4.78 is 16.3. The predicted molar refractivity (Wildman–Crippen MR) is 115 cm³/mol. The molecule has 2 aromatic rings. The first-order valence-electron chi connectivity index (χ1n) is 10.6. The Morgan fingerprint density at radius 3 is 2.77 bits per heavy atom. The molecule has 0 saturated carbocycles. The molecule has 0 spiro atoms. The summed E-state index contributed by atoms with van der Waals surface area (Å²) in [5, 5.41) is 3.13. The smallest absolute Gasteiger partial charge is 0.225 e. The molecule has 1 fully saturated rings. The molecular formula is C24H28N2O5. The number of rotatable bonds is 7. The van der Waals surface area contributed by atoms with Crippen molar-refractivity contribution in [1.82, 2.24) is 10.2 Å². The number of likely N-dealkylation sites (tertiary alicyclic amines) is 1. The van der Waals surface area contributed by atoms with E-state index in [9.17, 15) is 9.59 Å². The van der Waals surface area contributed by atoms with Crippen molar-refractivity contribution in [3.8, 4) is 17.2 Å². The molecule has 0 aromatic heterocycles. The molecule has 31 heavy (non-hydrogen) atoms. The summed E-state index contributed by atoms with van der Waals surface area (Å²) in [7, 11) is 3.20. The Labute approximate surface area is 182 Å². The van der Waals surface area contributed by atoms with Gasteiger partial charge in [-0.2, -0.15) is 0 Å². The highest BCUT2D eigenvalue weighted by Gasteiger charge is 2.35. The molecule has 1 saturated heterocycles. The van der Waals surface area contributed by atoms with Crippen LogP contribution in [0.15, 0.2) is 42.5 Å². The van der Waals surface area contributed by atoms with E-state index in [2.05, 4.69) is 5.32 Å². The Balaban J connectivity index is 1.34. The summed E-state index contributed by atoms with van der Waals surface area (Å²) in [4.78, 5) is 27.2. The van der Waals surface area contributed by atoms with Crippen LogP contribution < -0.4 is 19.5 Å². The molecule has 2 aromatic carbocycles. The minimum Gasteiger partial charge on any atom is -0.493 e. The van der Waals surface area contributed by atoms with Crippen LogP contribution in [0.4, 0.5) is 0 Å². The minimum absolute atomic E-state index is 0.0213. The van der Waals surface area contributed by atoms with Gasteiger partial charge in [-0.3, -0.25) is 9.59 Å². The zero-order valence-electron chi connectivity index (χ0n) is 17.9. The van der Waals surface area contributed by atoms with Crippen molar-refractivity contribution in [2.45, 2.75) is 25.3 Å². The number of benzene rings is 2. The normalized spacial score (nSPS) is 20.1. The van der Waals surface area contributed by atoms with Gasteiger partial charge in [0.1, 0.15) is 5.75 Å². The van der Waals surface area contributed by atoms with E-state index in [1.54, 1.807) is 19.1 Å². The molecule has 7 nitrogen and oxygen atoms in total. The van der Waals surface area contributed by atoms with Crippen LogP contribution in [0.5, 0.6) is 17.2 Å². The molecule has 2 aliphatic heterocycles. The third-order valence-electron chi connectivity index (χ3n) is 5.98. The van der Waals surface area contributed by atoms with Crippen LogP contribution in [0.2, 0.25) is 0 Å². The highest BCUT2D eigenvalue weighted by Crippen LogP contribution is 2.32. The van der Waals surface area contributed by atoms with E-state index in [1.807, 2.05) is 42.5 Å². The van der Waals surface area contributed by atoms with Gasteiger partial charge >= 0.3 is 0 Å². The largest absolute Gasteiger partial charge is 0.493 e. The summed E-state index contributed by atoms with van der Waals surface area (Å²) >= 11 is 0. The first kappa shape index (κ1) is 21.0. The lowest BCUT2D eigenvalue weighted by atomic mass is 9.99. The highest BCUT2D eigenvalue weighted by atomic mass is 16.5. The van der Waals surface area contributed by atoms with Gasteiger partial charge in [0.25, 0.3) is 0 Å². The molecule has 0 bridgehead atoms. The zero-order chi connectivity index (χ0) is 21.8. The molecule has 1 N–H and O–H groups in total. The van der Waals surface area contributed by atoms with E-state index in [4.69, 9.17) is 14.2 Å². The topological polar surface area (TPSA) is 77.1 Å². The van der Waals surface area contributed by atoms with E-state index in [0.29, 0.717) is 37.6 Å². The van der Waals surface area contributed by atoms with E-state index >= 15 is 0 Å². The molecule has 0 aliphatic carbocycles. The van der Waals surface area contributed by atoms with E-state index in [0.717, 1.165) is 23.3 Å². The van der Waals surface area contributed by atoms with Gasteiger partial charge in [-0.15, -0.1) is 0 Å². The van der Waals surface area contributed by atoms with Crippen LogP contribution >= 0.6 is 0 Å². The lowest BCUT2D eigenvalue weighted by Gasteiger charge is -2.27. The number of nitrogens with zero attached hydrogens (tertiary/aromatic N) is 1.